The molecule has 1 heterocycles. The van der Waals surface area contributed by atoms with Gasteiger partial charge in [0.1, 0.15) is 22.8 Å². The molecule has 7 nitrogen and oxygen atoms in total. The average molecular weight is 420 g/mol. The van der Waals surface area contributed by atoms with Crippen molar-refractivity contribution in [3.8, 4) is 5.69 Å². The first-order valence-corrected chi connectivity index (χ1v) is 8.40. The molecule has 0 unspecified atom stereocenters. The maximum absolute atomic E-state index is 14.2. The lowest BCUT2D eigenvalue weighted by atomic mass is 10.2. The summed E-state index contributed by atoms with van der Waals surface area (Å²) in [6, 6.07) is 8.72. The molecular weight excluding hydrogens is 408 g/mol. The highest BCUT2D eigenvalue weighted by Gasteiger charge is 2.20. The Bertz CT molecular complexity index is 1100. The van der Waals surface area contributed by atoms with Gasteiger partial charge in [0.2, 0.25) is 0 Å². The minimum atomic E-state index is -0.919. The highest BCUT2D eigenvalue weighted by atomic mass is 35.5. The minimum absolute atomic E-state index is 0.0359. The zero-order valence-corrected chi connectivity index (χ0v) is 15.6. The number of esters is 1. The second-order valence-corrected chi connectivity index (χ2v) is 6.00. The molecule has 0 atom stereocenters. The molecule has 0 radical (unpaired) electrons. The van der Waals surface area contributed by atoms with Gasteiger partial charge in [0.05, 0.1) is 25.1 Å². The molecule has 0 saturated heterocycles. The van der Waals surface area contributed by atoms with Crippen molar-refractivity contribution in [3.05, 3.63) is 82.1 Å². The minimum Gasteiger partial charge on any atom is -0.465 e. The lowest BCUT2D eigenvalue weighted by Crippen LogP contribution is -2.10. The maximum Gasteiger partial charge on any atom is 0.365 e. The quantitative estimate of drug-likeness (QED) is 0.272. The third kappa shape index (κ3) is 4.46. The van der Waals surface area contributed by atoms with Crippen LogP contribution in [0.5, 0.6) is 0 Å². The number of carbonyl (C=O) groups excluding carboxylic acids is 2. The van der Waals surface area contributed by atoms with Crippen LogP contribution in [-0.2, 0) is 9.57 Å². The summed E-state index contributed by atoms with van der Waals surface area (Å²) in [5, 5.41) is 7.91. The predicted octanol–water partition coefficient (Wildman–Crippen LogP) is 3.78. The van der Waals surface area contributed by atoms with Gasteiger partial charge < -0.3 is 9.57 Å². The van der Waals surface area contributed by atoms with E-state index in [2.05, 4.69) is 15.0 Å². The highest BCUT2D eigenvalue weighted by molar-refractivity contribution is 6.30. The van der Waals surface area contributed by atoms with Gasteiger partial charge in [-0.15, -0.1) is 0 Å². The number of hydrogen-bond donors (Lipinski definition) is 0. The molecule has 29 heavy (non-hydrogen) atoms. The molecule has 0 amide bonds. The van der Waals surface area contributed by atoms with Gasteiger partial charge in [0.15, 0.2) is 5.82 Å². The number of methoxy groups -OCH3 is 1. The van der Waals surface area contributed by atoms with Crippen molar-refractivity contribution < 1.29 is 27.9 Å². The first kappa shape index (κ1) is 20.2. The molecule has 0 bridgehead atoms. The number of nitrogens with zero attached hydrogens (tertiary/aromatic N) is 3. The van der Waals surface area contributed by atoms with Crippen LogP contribution in [0, 0.1) is 11.6 Å². The van der Waals surface area contributed by atoms with Crippen LogP contribution in [0.1, 0.15) is 26.4 Å². The van der Waals surface area contributed by atoms with Crippen LogP contribution >= 0.6 is 11.6 Å². The molecule has 3 aromatic rings. The van der Waals surface area contributed by atoms with E-state index in [0.29, 0.717) is 11.1 Å². The first-order valence-electron chi connectivity index (χ1n) is 8.02. The Morgan fingerprint density at radius 3 is 2.52 bits per heavy atom. The van der Waals surface area contributed by atoms with Crippen LogP contribution in [0.4, 0.5) is 8.78 Å². The van der Waals surface area contributed by atoms with Crippen LogP contribution in [0.2, 0.25) is 5.02 Å². The van der Waals surface area contributed by atoms with E-state index < -0.39 is 23.6 Å². The predicted molar refractivity (Wildman–Crippen MR) is 99.3 cm³/mol. The lowest BCUT2D eigenvalue weighted by molar-refractivity contribution is 0.0519. The Labute approximate surface area is 168 Å². The van der Waals surface area contributed by atoms with Crippen molar-refractivity contribution in [3.63, 3.8) is 0 Å². The van der Waals surface area contributed by atoms with E-state index in [1.54, 1.807) is 0 Å². The van der Waals surface area contributed by atoms with Crippen LogP contribution < -0.4 is 0 Å². The molecule has 0 fully saturated rings. The SMILES string of the molecule is COC(=O)c1cnn(-c2ccc(F)cc2F)c1C=NOC(=O)c1ccc(Cl)cc1. The van der Waals surface area contributed by atoms with Crippen molar-refractivity contribution in [2.45, 2.75) is 0 Å². The number of aromatic nitrogens is 2. The van der Waals surface area contributed by atoms with E-state index in [1.807, 2.05) is 0 Å². The van der Waals surface area contributed by atoms with Crippen LogP contribution in [0.3, 0.4) is 0 Å². The second kappa shape index (κ2) is 8.61. The molecule has 0 aliphatic rings. The topological polar surface area (TPSA) is 82.8 Å². The highest BCUT2D eigenvalue weighted by Crippen LogP contribution is 2.19. The summed E-state index contributed by atoms with van der Waals surface area (Å²) < 4.78 is 33.0. The summed E-state index contributed by atoms with van der Waals surface area (Å²) in [5.41, 5.74) is -0.0568. The monoisotopic (exact) mass is 419 g/mol. The third-order valence-corrected chi connectivity index (χ3v) is 3.99. The van der Waals surface area contributed by atoms with Crippen LogP contribution in [-0.4, -0.2) is 35.0 Å². The Hall–Kier alpha value is -3.59. The summed E-state index contributed by atoms with van der Waals surface area (Å²) in [4.78, 5) is 28.8. The van der Waals surface area contributed by atoms with E-state index in [-0.39, 0.29) is 22.5 Å². The maximum atomic E-state index is 14.2. The number of oxime groups is 1. The van der Waals surface area contributed by atoms with Gasteiger partial charge in [-0.1, -0.05) is 16.8 Å². The summed E-state index contributed by atoms with van der Waals surface area (Å²) in [6.45, 7) is 0. The normalized spacial score (nSPS) is 10.9. The fourth-order valence-electron chi connectivity index (χ4n) is 2.36. The van der Waals surface area contributed by atoms with Crippen LogP contribution in [0.25, 0.3) is 5.69 Å². The molecule has 148 valence electrons. The zero-order chi connectivity index (χ0) is 21.0. The largest absolute Gasteiger partial charge is 0.465 e. The fraction of sp³-hybridized carbons (Fsp3) is 0.0526. The number of hydrogen-bond acceptors (Lipinski definition) is 6. The third-order valence-electron chi connectivity index (χ3n) is 3.74. The molecule has 2 aromatic carbocycles. The van der Waals surface area contributed by atoms with Crippen molar-refractivity contribution in [2.24, 2.45) is 5.16 Å². The van der Waals surface area contributed by atoms with E-state index in [4.69, 9.17) is 16.4 Å². The fourth-order valence-corrected chi connectivity index (χ4v) is 2.48. The van der Waals surface area contributed by atoms with Gasteiger partial charge in [-0.3, -0.25) is 0 Å². The Kier molecular flexibility index (Phi) is 5.99. The van der Waals surface area contributed by atoms with Crippen molar-refractivity contribution in [1.29, 1.82) is 0 Å². The molecule has 1 aromatic heterocycles. The summed E-state index contributed by atoms with van der Waals surface area (Å²) in [5.74, 6) is -3.25. The molecule has 0 spiro atoms. The van der Waals surface area contributed by atoms with Gasteiger partial charge in [0.25, 0.3) is 0 Å². The second-order valence-electron chi connectivity index (χ2n) is 5.56. The van der Waals surface area contributed by atoms with Gasteiger partial charge in [0, 0.05) is 11.1 Å². The van der Waals surface area contributed by atoms with E-state index >= 15 is 0 Å². The smallest absolute Gasteiger partial charge is 0.365 e. The first-order chi connectivity index (χ1) is 13.9. The number of halogens is 3. The molecule has 0 saturated carbocycles. The van der Waals surface area contributed by atoms with E-state index in [9.17, 15) is 18.4 Å². The Balaban J connectivity index is 1.93. The Morgan fingerprint density at radius 2 is 1.86 bits per heavy atom. The van der Waals surface area contributed by atoms with E-state index in [1.165, 1.54) is 24.3 Å². The molecule has 10 heteroatoms. The summed E-state index contributed by atoms with van der Waals surface area (Å²) >= 11 is 5.76. The van der Waals surface area contributed by atoms with Gasteiger partial charge in [-0.05, 0) is 36.4 Å². The van der Waals surface area contributed by atoms with Crippen molar-refractivity contribution in [1.82, 2.24) is 9.78 Å². The zero-order valence-electron chi connectivity index (χ0n) is 14.8. The van der Waals surface area contributed by atoms with Crippen molar-refractivity contribution >= 4 is 29.8 Å². The number of ether oxygens (including phenoxy) is 1. The summed E-state index contributed by atoms with van der Waals surface area (Å²) in [7, 11) is 1.15. The standard InChI is InChI=1S/C19H12ClF2N3O4/c1-28-19(27)14-9-23-25(16-7-6-13(21)8-15(16)22)17(14)10-24-29-18(26)11-2-4-12(20)5-3-11/h2-10H,1H3. The molecule has 0 N–H and O–H groups in total. The molecule has 0 aliphatic carbocycles. The summed E-state index contributed by atoms with van der Waals surface area (Å²) in [6.07, 6.45) is 2.12. The van der Waals surface area contributed by atoms with Crippen LogP contribution in [0.15, 0.2) is 53.8 Å². The van der Waals surface area contributed by atoms with Gasteiger partial charge >= 0.3 is 11.9 Å². The number of rotatable bonds is 5. The van der Waals surface area contributed by atoms with Crippen molar-refractivity contribution in [2.75, 3.05) is 7.11 Å². The molecular formula is C19H12ClF2N3O4. The van der Waals surface area contributed by atoms with Gasteiger partial charge in [-0.25, -0.2) is 23.1 Å². The van der Waals surface area contributed by atoms with Gasteiger partial charge in [-0.2, -0.15) is 5.10 Å². The molecule has 0 aliphatic heterocycles. The lowest BCUT2D eigenvalue weighted by Gasteiger charge is -2.07. The number of carbonyl (C=O) groups is 2. The number of benzene rings is 2. The molecule has 3 rings (SSSR count). The Morgan fingerprint density at radius 1 is 1.14 bits per heavy atom. The van der Waals surface area contributed by atoms with E-state index in [0.717, 1.165) is 36.3 Å². The average Bonchev–Trinajstić information content (AvgIpc) is 3.11.